The lowest BCUT2D eigenvalue weighted by Crippen LogP contribution is -2.23. The van der Waals surface area contributed by atoms with Crippen molar-refractivity contribution in [3.8, 4) is 5.75 Å². The lowest BCUT2D eigenvalue weighted by atomic mass is 10.3. The molecule has 0 unspecified atom stereocenters. The third-order valence-corrected chi connectivity index (χ3v) is 2.13. The maximum atomic E-state index is 13.2. The van der Waals surface area contributed by atoms with Crippen molar-refractivity contribution in [2.75, 3.05) is 6.54 Å². The van der Waals surface area contributed by atoms with Gasteiger partial charge in [-0.1, -0.05) is 6.92 Å². The van der Waals surface area contributed by atoms with Crippen LogP contribution in [-0.2, 0) is 4.84 Å². The normalized spacial score (nSPS) is 15.8. The quantitative estimate of drug-likeness (QED) is 0.792. The second-order valence-corrected chi connectivity index (χ2v) is 3.30. The average Bonchev–Trinajstić information content (AvgIpc) is 2.71. The number of hydrogen-bond donors (Lipinski definition) is 0. The zero-order valence-electron chi connectivity index (χ0n) is 8.74. The largest absolute Gasteiger partial charge is 0.376 e. The van der Waals surface area contributed by atoms with Crippen LogP contribution < -0.4 is 4.84 Å². The number of hydroxylamine groups is 2. The lowest BCUT2D eigenvalue weighted by Gasteiger charge is -2.16. The zero-order valence-corrected chi connectivity index (χ0v) is 8.74. The van der Waals surface area contributed by atoms with Crippen LogP contribution in [-0.4, -0.2) is 11.8 Å². The molecular formula is C11H11F2NO2. The highest BCUT2D eigenvalue weighted by molar-refractivity contribution is 5.24. The van der Waals surface area contributed by atoms with Gasteiger partial charge >= 0.3 is 0 Å². The summed E-state index contributed by atoms with van der Waals surface area (Å²) in [6, 6.07) is 3.01. The van der Waals surface area contributed by atoms with Crippen molar-refractivity contribution in [3.63, 3.8) is 0 Å². The highest BCUT2D eigenvalue weighted by Crippen LogP contribution is 2.22. The molecule has 3 nitrogen and oxygen atoms in total. The Hall–Kier alpha value is -1.62. The second-order valence-electron chi connectivity index (χ2n) is 3.30. The monoisotopic (exact) mass is 227 g/mol. The van der Waals surface area contributed by atoms with Gasteiger partial charge in [-0.2, -0.15) is 0 Å². The van der Waals surface area contributed by atoms with Crippen molar-refractivity contribution in [2.45, 2.75) is 13.3 Å². The predicted octanol–water partition coefficient (Wildman–Crippen LogP) is 2.80. The van der Waals surface area contributed by atoms with E-state index in [2.05, 4.69) is 0 Å². The number of rotatable bonds is 3. The van der Waals surface area contributed by atoms with E-state index in [0.717, 1.165) is 35.6 Å². The highest BCUT2D eigenvalue weighted by Gasteiger charge is 2.18. The van der Waals surface area contributed by atoms with Crippen LogP contribution in [0.2, 0.25) is 0 Å². The SMILES string of the molecule is CCC1=CCN(Oc2cc(F)ccc2F)O1. The molecule has 5 heteroatoms. The molecule has 0 bridgehead atoms. The summed E-state index contributed by atoms with van der Waals surface area (Å²) < 4.78 is 26.1. The minimum atomic E-state index is -0.630. The van der Waals surface area contributed by atoms with Crippen molar-refractivity contribution in [1.82, 2.24) is 5.23 Å². The predicted molar refractivity (Wildman–Crippen MR) is 53.2 cm³/mol. The van der Waals surface area contributed by atoms with Crippen LogP contribution in [0.3, 0.4) is 0 Å². The third kappa shape index (κ3) is 2.30. The average molecular weight is 227 g/mol. The molecule has 16 heavy (non-hydrogen) atoms. The fourth-order valence-electron chi connectivity index (χ4n) is 1.30. The van der Waals surface area contributed by atoms with E-state index in [1.807, 2.05) is 13.0 Å². The zero-order chi connectivity index (χ0) is 11.5. The van der Waals surface area contributed by atoms with Crippen LogP contribution in [0.15, 0.2) is 30.0 Å². The van der Waals surface area contributed by atoms with E-state index < -0.39 is 11.6 Å². The van der Waals surface area contributed by atoms with Crippen LogP contribution in [0.1, 0.15) is 13.3 Å². The summed E-state index contributed by atoms with van der Waals surface area (Å²) in [7, 11) is 0. The Morgan fingerprint density at radius 1 is 1.44 bits per heavy atom. The van der Waals surface area contributed by atoms with Gasteiger partial charge < -0.3 is 9.68 Å². The first-order valence-electron chi connectivity index (χ1n) is 4.96. The molecule has 0 fully saturated rings. The molecule has 1 aromatic carbocycles. The number of allylic oxidation sites excluding steroid dienone is 1. The molecule has 0 aromatic heterocycles. The van der Waals surface area contributed by atoms with Gasteiger partial charge in [-0.25, -0.2) is 8.78 Å². The Bertz CT molecular complexity index is 420. The first kappa shape index (κ1) is 10.9. The van der Waals surface area contributed by atoms with Crippen molar-refractivity contribution < 1.29 is 18.5 Å². The molecular weight excluding hydrogens is 216 g/mol. The molecule has 0 saturated heterocycles. The van der Waals surface area contributed by atoms with Gasteiger partial charge in [0, 0.05) is 17.7 Å². The molecule has 0 saturated carbocycles. The number of halogens is 2. The molecule has 2 rings (SSSR count). The Labute approximate surface area is 91.8 Å². The molecule has 1 aliphatic heterocycles. The van der Waals surface area contributed by atoms with Crippen molar-refractivity contribution in [1.29, 1.82) is 0 Å². The Balaban J connectivity index is 2.03. The van der Waals surface area contributed by atoms with E-state index in [1.54, 1.807) is 0 Å². The molecule has 0 radical (unpaired) electrons. The van der Waals surface area contributed by atoms with Gasteiger partial charge in [-0.15, -0.1) is 0 Å². The topological polar surface area (TPSA) is 21.7 Å². The summed E-state index contributed by atoms with van der Waals surface area (Å²) in [6.07, 6.45) is 2.54. The molecule has 1 aliphatic rings. The van der Waals surface area contributed by atoms with E-state index >= 15 is 0 Å². The summed E-state index contributed by atoms with van der Waals surface area (Å²) >= 11 is 0. The molecule has 86 valence electrons. The Morgan fingerprint density at radius 3 is 2.94 bits per heavy atom. The summed E-state index contributed by atoms with van der Waals surface area (Å²) in [4.78, 5) is 10.3. The fraction of sp³-hybridized carbons (Fsp3) is 0.273. The van der Waals surface area contributed by atoms with Gasteiger partial charge in [0.25, 0.3) is 0 Å². The van der Waals surface area contributed by atoms with Crippen molar-refractivity contribution in [3.05, 3.63) is 41.7 Å². The van der Waals surface area contributed by atoms with Gasteiger partial charge in [0.15, 0.2) is 11.6 Å². The van der Waals surface area contributed by atoms with Gasteiger partial charge in [-0.3, -0.25) is 0 Å². The highest BCUT2D eigenvalue weighted by atomic mass is 19.1. The summed E-state index contributed by atoms with van der Waals surface area (Å²) in [5, 5.41) is 1.11. The molecule has 1 aromatic rings. The van der Waals surface area contributed by atoms with Gasteiger partial charge in [0.1, 0.15) is 11.6 Å². The summed E-state index contributed by atoms with van der Waals surface area (Å²) in [5.41, 5.74) is 0. The maximum Gasteiger partial charge on any atom is 0.190 e. The van der Waals surface area contributed by atoms with Gasteiger partial charge in [-0.05, 0) is 18.2 Å². The fourth-order valence-corrected chi connectivity index (χ4v) is 1.30. The van der Waals surface area contributed by atoms with E-state index in [0.29, 0.717) is 6.54 Å². The van der Waals surface area contributed by atoms with Crippen LogP contribution in [0.25, 0.3) is 0 Å². The molecule has 0 aliphatic carbocycles. The smallest absolute Gasteiger partial charge is 0.190 e. The van der Waals surface area contributed by atoms with Gasteiger partial charge in [0.05, 0.1) is 6.54 Å². The first-order chi connectivity index (χ1) is 7.69. The van der Waals surface area contributed by atoms with Crippen molar-refractivity contribution >= 4 is 0 Å². The third-order valence-electron chi connectivity index (χ3n) is 2.13. The van der Waals surface area contributed by atoms with Crippen LogP contribution in [0.4, 0.5) is 8.78 Å². The molecule has 0 amide bonds. The van der Waals surface area contributed by atoms with E-state index in [4.69, 9.17) is 9.68 Å². The standard InChI is InChI=1S/C11H11F2NO2/c1-2-9-5-6-14(15-9)16-11-7-8(12)3-4-10(11)13/h3-5,7H,2,6H2,1H3. The number of hydrogen-bond acceptors (Lipinski definition) is 3. The van der Waals surface area contributed by atoms with Crippen LogP contribution in [0.5, 0.6) is 5.75 Å². The molecule has 0 spiro atoms. The van der Waals surface area contributed by atoms with E-state index in [-0.39, 0.29) is 5.75 Å². The van der Waals surface area contributed by atoms with E-state index in [1.165, 1.54) is 0 Å². The Morgan fingerprint density at radius 2 is 2.25 bits per heavy atom. The molecule has 0 atom stereocenters. The van der Waals surface area contributed by atoms with Gasteiger partial charge in [0.2, 0.25) is 0 Å². The van der Waals surface area contributed by atoms with Crippen molar-refractivity contribution in [2.24, 2.45) is 0 Å². The van der Waals surface area contributed by atoms with E-state index in [9.17, 15) is 8.78 Å². The Kier molecular flexibility index (Phi) is 3.05. The maximum absolute atomic E-state index is 13.2. The van der Waals surface area contributed by atoms with Crippen LogP contribution >= 0.6 is 0 Å². The second kappa shape index (κ2) is 4.49. The minimum Gasteiger partial charge on any atom is -0.376 e. The lowest BCUT2D eigenvalue weighted by molar-refractivity contribution is -0.276. The van der Waals surface area contributed by atoms with Crippen LogP contribution in [0, 0.1) is 11.6 Å². The number of benzene rings is 1. The first-order valence-corrected chi connectivity index (χ1v) is 4.96. The number of nitrogens with zero attached hydrogens (tertiary/aromatic N) is 1. The minimum absolute atomic E-state index is 0.189. The summed E-state index contributed by atoms with van der Waals surface area (Å²) in [6.45, 7) is 2.32. The molecule has 1 heterocycles. The molecule has 0 N–H and O–H groups in total. The summed E-state index contributed by atoms with van der Waals surface area (Å²) in [5.74, 6) is -0.628.